The Kier molecular flexibility index (Phi) is 4.28. The van der Waals surface area contributed by atoms with Crippen LogP contribution >= 0.6 is 0 Å². The van der Waals surface area contributed by atoms with E-state index in [9.17, 15) is 4.79 Å². The fourth-order valence-electron chi connectivity index (χ4n) is 2.08. The number of rotatable bonds is 5. The van der Waals surface area contributed by atoms with Crippen LogP contribution in [0.1, 0.15) is 16.2 Å². The van der Waals surface area contributed by atoms with Gasteiger partial charge in [0.05, 0.1) is 5.69 Å². The number of aromatic nitrogens is 4. The van der Waals surface area contributed by atoms with E-state index in [4.69, 9.17) is 5.73 Å². The van der Waals surface area contributed by atoms with Gasteiger partial charge in [-0.15, -0.1) is 0 Å². The number of primary amides is 1. The second kappa shape index (κ2) is 6.69. The molecule has 0 spiro atoms. The van der Waals surface area contributed by atoms with Crippen LogP contribution in [-0.4, -0.2) is 25.8 Å². The van der Waals surface area contributed by atoms with Crippen molar-refractivity contribution >= 4 is 29.0 Å². The molecule has 0 aliphatic carbocycles. The van der Waals surface area contributed by atoms with Crippen LogP contribution in [0.3, 0.4) is 0 Å². The monoisotopic (exact) mass is 321 g/mol. The van der Waals surface area contributed by atoms with Gasteiger partial charge in [-0.25, -0.2) is 19.9 Å². The number of hydrogen-bond donors (Lipinski definition) is 3. The van der Waals surface area contributed by atoms with Gasteiger partial charge in [0.25, 0.3) is 5.91 Å². The predicted octanol–water partition coefficient (Wildman–Crippen LogP) is 2.16. The Morgan fingerprint density at radius 1 is 1.00 bits per heavy atom. The number of anilines is 4. The molecule has 3 heterocycles. The summed E-state index contributed by atoms with van der Waals surface area (Å²) in [5.41, 5.74) is 6.84. The van der Waals surface area contributed by atoms with E-state index in [1.165, 1.54) is 12.5 Å². The van der Waals surface area contributed by atoms with Crippen LogP contribution < -0.4 is 16.4 Å². The number of aryl methyl sites for hydroxylation is 1. The summed E-state index contributed by atoms with van der Waals surface area (Å²) in [4.78, 5) is 28.0. The molecule has 0 aliphatic heterocycles. The minimum atomic E-state index is -0.616. The molecular weight excluding hydrogens is 306 g/mol. The van der Waals surface area contributed by atoms with Crippen molar-refractivity contribution in [1.29, 1.82) is 0 Å². The Bertz CT molecular complexity index is 882. The zero-order chi connectivity index (χ0) is 16.9. The molecule has 8 heteroatoms. The summed E-state index contributed by atoms with van der Waals surface area (Å²) >= 11 is 0. The molecular formula is C16H15N7O. The molecule has 0 radical (unpaired) electrons. The summed E-state index contributed by atoms with van der Waals surface area (Å²) in [7, 11) is 0. The van der Waals surface area contributed by atoms with Gasteiger partial charge in [-0.05, 0) is 31.2 Å². The Morgan fingerprint density at radius 3 is 2.54 bits per heavy atom. The van der Waals surface area contributed by atoms with Crippen molar-refractivity contribution in [3.8, 4) is 0 Å². The number of pyridine rings is 2. The van der Waals surface area contributed by atoms with Gasteiger partial charge >= 0.3 is 0 Å². The average Bonchev–Trinajstić information content (AvgIpc) is 2.55. The van der Waals surface area contributed by atoms with Crippen LogP contribution in [0.4, 0.5) is 23.1 Å². The third kappa shape index (κ3) is 3.61. The van der Waals surface area contributed by atoms with Crippen LogP contribution in [0.5, 0.6) is 0 Å². The van der Waals surface area contributed by atoms with Crippen molar-refractivity contribution in [1.82, 2.24) is 19.9 Å². The Hall–Kier alpha value is -3.55. The molecule has 4 N–H and O–H groups in total. The molecule has 0 unspecified atom stereocenters. The summed E-state index contributed by atoms with van der Waals surface area (Å²) in [6, 6.07) is 10.7. The second-order valence-corrected chi connectivity index (χ2v) is 4.97. The van der Waals surface area contributed by atoms with E-state index in [-0.39, 0.29) is 5.69 Å². The van der Waals surface area contributed by atoms with Crippen LogP contribution in [-0.2, 0) is 0 Å². The van der Waals surface area contributed by atoms with Gasteiger partial charge in [0, 0.05) is 18.0 Å². The zero-order valence-corrected chi connectivity index (χ0v) is 12.9. The Balaban J connectivity index is 1.82. The van der Waals surface area contributed by atoms with E-state index in [0.29, 0.717) is 23.1 Å². The Morgan fingerprint density at radius 2 is 1.79 bits per heavy atom. The molecule has 0 fully saturated rings. The lowest BCUT2D eigenvalue weighted by Gasteiger charge is -2.10. The van der Waals surface area contributed by atoms with Crippen LogP contribution in [0, 0.1) is 6.92 Å². The quantitative estimate of drug-likeness (QED) is 0.658. The normalized spacial score (nSPS) is 10.2. The van der Waals surface area contributed by atoms with Crippen LogP contribution in [0.2, 0.25) is 0 Å². The van der Waals surface area contributed by atoms with Crippen LogP contribution in [0.25, 0.3) is 0 Å². The summed E-state index contributed by atoms with van der Waals surface area (Å²) in [6.45, 7) is 1.91. The van der Waals surface area contributed by atoms with Crippen molar-refractivity contribution in [3.63, 3.8) is 0 Å². The highest BCUT2D eigenvalue weighted by Crippen LogP contribution is 2.20. The van der Waals surface area contributed by atoms with Gasteiger partial charge in [0.15, 0.2) is 5.69 Å². The van der Waals surface area contributed by atoms with E-state index >= 15 is 0 Å². The molecule has 3 aromatic heterocycles. The van der Waals surface area contributed by atoms with Gasteiger partial charge in [0.2, 0.25) is 0 Å². The standard InChI is InChI=1S/C16H15N7O/c1-10-4-2-6-12(21-10)23-14-8-13(19-9-20-14)22-11-5-3-7-18-15(11)16(17)24/h2-9H,1H3,(H2,17,24)(H2,19,20,21,22,23). The van der Waals surface area contributed by atoms with E-state index in [2.05, 4.69) is 30.6 Å². The molecule has 0 atom stereocenters. The first kappa shape index (κ1) is 15.3. The maximum Gasteiger partial charge on any atom is 0.269 e. The van der Waals surface area contributed by atoms with Gasteiger partial charge in [-0.2, -0.15) is 0 Å². The number of carbonyl (C=O) groups excluding carboxylic acids is 1. The summed E-state index contributed by atoms with van der Waals surface area (Å²) in [5.74, 6) is 1.12. The maximum absolute atomic E-state index is 11.4. The maximum atomic E-state index is 11.4. The number of carbonyl (C=O) groups is 1. The number of amides is 1. The van der Waals surface area contributed by atoms with Crippen LogP contribution in [0.15, 0.2) is 48.9 Å². The Labute approximate surface area is 138 Å². The molecule has 1 amide bonds. The smallest absolute Gasteiger partial charge is 0.269 e. The molecule has 3 rings (SSSR count). The van der Waals surface area contributed by atoms with Gasteiger partial charge in [0.1, 0.15) is 23.8 Å². The van der Waals surface area contributed by atoms with Crippen molar-refractivity contribution in [3.05, 3.63) is 60.3 Å². The zero-order valence-electron chi connectivity index (χ0n) is 12.9. The molecule has 24 heavy (non-hydrogen) atoms. The highest BCUT2D eigenvalue weighted by atomic mass is 16.1. The number of nitrogens with two attached hydrogens (primary N) is 1. The molecule has 0 aliphatic rings. The second-order valence-electron chi connectivity index (χ2n) is 4.97. The summed E-state index contributed by atoms with van der Waals surface area (Å²) < 4.78 is 0. The van der Waals surface area contributed by atoms with E-state index in [0.717, 1.165) is 5.69 Å². The van der Waals surface area contributed by atoms with Gasteiger partial charge in [-0.1, -0.05) is 6.07 Å². The van der Waals surface area contributed by atoms with Crippen molar-refractivity contribution in [2.24, 2.45) is 5.73 Å². The van der Waals surface area contributed by atoms with Crippen molar-refractivity contribution in [2.45, 2.75) is 6.92 Å². The molecule has 8 nitrogen and oxygen atoms in total. The average molecular weight is 321 g/mol. The lowest BCUT2D eigenvalue weighted by molar-refractivity contribution is 0.0996. The molecule has 120 valence electrons. The molecule has 0 saturated heterocycles. The molecule has 3 aromatic rings. The lowest BCUT2D eigenvalue weighted by atomic mass is 10.3. The highest BCUT2D eigenvalue weighted by molar-refractivity contribution is 5.97. The van der Waals surface area contributed by atoms with E-state index < -0.39 is 5.91 Å². The minimum Gasteiger partial charge on any atom is -0.364 e. The first-order valence-corrected chi connectivity index (χ1v) is 7.16. The minimum absolute atomic E-state index is 0.144. The molecule has 0 aromatic carbocycles. The predicted molar refractivity (Wildman–Crippen MR) is 90.3 cm³/mol. The number of nitrogens with one attached hydrogen (secondary N) is 2. The molecule has 0 bridgehead atoms. The van der Waals surface area contributed by atoms with E-state index in [1.807, 2.05) is 25.1 Å². The first-order valence-electron chi connectivity index (χ1n) is 7.16. The van der Waals surface area contributed by atoms with Crippen molar-refractivity contribution in [2.75, 3.05) is 10.6 Å². The summed E-state index contributed by atoms with van der Waals surface area (Å²) in [6.07, 6.45) is 2.91. The third-order valence-corrected chi connectivity index (χ3v) is 3.12. The third-order valence-electron chi connectivity index (χ3n) is 3.12. The fraction of sp³-hybridized carbons (Fsp3) is 0.0625. The van der Waals surface area contributed by atoms with Gasteiger partial charge < -0.3 is 16.4 Å². The fourth-order valence-corrected chi connectivity index (χ4v) is 2.08. The summed E-state index contributed by atoms with van der Waals surface area (Å²) in [5, 5.41) is 6.12. The molecule has 0 saturated carbocycles. The topological polar surface area (TPSA) is 119 Å². The lowest BCUT2D eigenvalue weighted by Crippen LogP contribution is -2.15. The van der Waals surface area contributed by atoms with Crippen molar-refractivity contribution < 1.29 is 4.79 Å². The first-order chi connectivity index (χ1) is 11.6. The van der Waals surface area contributed by atoms with Gasteiger partial charge in [-0.3, -0.25) is 4.79 Å². The van der Waals surface area contributed by atoms with E-state index in [1.54, 1.807) is 18.2 Å². The largest absolute Gasteiger partial charge is 0.364 e. The number of nitrogens with zero attached hydrogens (tertiary/aromatic N) is 4. The SMILES string of the molecule is Cc1cccc(Nc2cc(Nc3cccnc3C(N)=O)ncn2)n1. The highest BCUT2D eigenvalue weighted by Gasteiger charge is 2.10. The number of hydrogen-bond acceptors (Lipinski definition) is 7.